The number of rotatable bonds is 4. The molecular weight excluding hydrogens is 288 g/mol. The van der Waals surface area contributed by atoms with Crippen molar-refractivity contribution in [2.45, 2.75) is 19.8 Å². The van der Waals surface area contributed by atoms with E-state index in [2.05, 4.69) is 10.4 Å². The van der Waals surface area contributed by atoms with Gasteiger partial charge in [-0.05, 0) is 51.4 Å². The number of likely N-dealkylation sites (tertiary alicyclic amines) is 1. The molecule has 0 aliphatic carbocycles. The minimum absolute atomic E-state index is 0.104. The standard InChI is InChI=1S/C18H24N4O/c1-14-17(13-20-22(14)16-6-4-3-5-7-16)18(23)21-10-8-15(9-11-21)12-19-2/h3-7,13,15,19H,8-12H2,1-2H3. The van der Waals surface area contributed by atoms with Crippen LogP contribution in [0.5, 0.6) is 0 Å². The van der Waals surface area contributed by atoms with Gasteiger partial charge in [-0.15, -0.1) is 0 Å². The number of para-hydroxylation sites is 1. The summed E-state index contributed by atoms with van der Waals surface area (Å²) >= 11 is 0. The number of benzene rings is 1. The highest BCUT2D eigenvalue weighted by Crippen LogP contribution is 2.21. The van der Waals surface area contributed by atoms with E-state index in [-0.39, 0.29) is 5.91 Å². The molecule has 1 aromatic carbocycles. The lowest BCUT2D eigenvalue weighted by Gasteiger charge is -2.31. The van der Waals surface area contributed by atoms with Gasteiger partial charge in [0.05, 0.1) is 23.1 Å². The van der Waals surface area contributed by atoms with Crippen molar-refractivity contribution >= 4 is 5.91 Å². The van der Waals surface area contributed by atoms with E-state index in [1.807, 2.05) is 53.9 Å². The van der Waals surface area contributed by atoms with Gasteiger partial charge in [0, 0.05) is 13.1 Å². The van der Waals surface area contributed by atoms with E-state index in [9.17, 15) is 4.79 Å². The van der Waals surface area contributed by atoms with E-state index in [4.69, 9.17) is 0 Å². The molecule has 5 nitrogen and oxygen atoms in total. The van der Waals surface area contributed by atoms with Crippen LogP contribution in [0.15, 0.2) is 36.5 Å². The van der Waals surface area contributed by atoms with Gasteiger partial charge in [-0.3, -0.25) is 4.79 Å². The summed E-state index contributed by atoms with van der Waals surface area (Å²) in [6, 6.07) is 9.92. The molecule has 1 N–H and O–H groups in total. The molecule has 1 aromatic heterocycles. The van der Waals surface area contributed by atoms with Crippen molar-refractivity contribution in [3.8, 4) is 5.69 Å². The highest BCUT2D eigenvalue weighted by molar-refractivity contribution is 5.95. The van der Waals surface area contributed by atoms with Crippen LogP contribution in [-0.2, 0) is 0 Å². The van der Waals surface area contributed by atoms with Crippen LogP contribution in [0.2, 0.25) is 0 Å². The predicted octanol–water partition coefficient (Wildman–Crippen LogP) is 2.25. The Morgan fingerprint density at radius 3 is 2.61 bits per heavy atom. The smallest absolute Gasteiger partial charge is 0.257 e. The Labute approximate surface area is 137 Å². The number of aromatic nitrogens is 2. The highest BCUT2D eigenvalue weighted by Gasteiger charge is 2.25. The largest absolute Gasteiger partial charge is 0.339 e. The van der Waals surface area contributed by atoms with Crippen molar-refractivity contribution < 1.29 is 4.79 Å². The maximum atomic E-state index is 12.8. The second-order valence-electron chi connectivity index (χ2n) is 6.18. The Bertz CT molecular complexity index is 657. The molecule has 0 atom stereocenters. The molecule has 122 valence electrons. The summed E-state index contributed by atoms with van der Waals surface area (Å²) in [6.07, 6.45) is 3.83. The number of hydrogen-bond acceptors (Lipinski definition) is 3. The van der Waals surface area contributed by atoms with Crippen molar-refractivity contribution in [2.75, 3.05) is 26.7 Å². The van der Waals surface area contributed by atoms with Crippen LogP contribution in [0.3, 0.4) is 0 Å². The van der Waals surface area contributed by atoms with Crippen molar-refractivity contribution in [1.29, 1.82) is 0 Å². The SMILES string of the molecule is CNCC1CCN(C(=O)c2cnn(-c3ccccc3)c2C)CC1. The van der Waals surface area contributed by atoms with E-state index < -0.39 is 0 Å². The summed E-state index contributed by atoms with van der Waals surface area (Å²) in [7, 11) is 1.98. The molecule has 1 saturated heterocycles. The number of nitrogens with one attached hydrogen (secondary N) is 1. The molecule has 0 unspecified atom stereocenters. The highest BCUT2D eigenvalue weighted by atomic mass is 16.2. The van der Waals surface area contributed by atoms with Crippen LogP contribution in [-0.4, -0.2) is 47.3 Å². The fourth-order valence-electron chi connectivity index (χ4n) is 3.25. The number of piperidine rings is 1. The first-order chi connectivity index (χ1) is 11.2. The van der Waals surface area contributed by atoms with Crippen molar-refractivity contribution in [2.24, 2.45) is 5.92 Å². The normalized spacial score (nSPS) is 15.8. The molecule has 0 bridgehead atoms. The summed E-state index contributed by atoms with van der Waals surface area (Å²) < 4.78 is 1.83. The molecule has 2 aromatic rings. The first kappa shape index (κ1) is 15.7. The maximum Gasteiger partial charge on any atom is 0.257 e. The third kappa shape index (κ3) is 3.29. The Morgan fingerprint density at radius 1 is 1.26 bits per heavy atom. The van der Waals surface area contributed by atoms with E-state index >= 15 is 0 Å². The quantitative estimate of drug-likeness (QED) is 0.942. The van der Waals surface area contributed by atoms with Gasteiger partial charge in [-0.2, -0.15) is 5.10 Å². The third-order valence-electron chi connectivity index (χ3n) is 4.64. The van der Waals surface area contributed by atoms with Gasteiger partial charge in [0.25, 0.3) is 5.91 Å². The molecule has 1 aliphatic heterocycles. The summed E-state index contributed by atoms with van der Waals surface area (Å²) in [5.74, 6) is 0.782. The average molecular weight is 312 g/mol. The molecule has 3 rings (SSSR count). The zero-order chi connectivity index (χ0) is 16.2. The van der Waals surface area contributed by atoms with E-state index in [0.717, 1.165) is 43.9 Å². The monoisotopic (exact) mass is 312 g/mol. The number of carbonyl (C=O) groups is 1. The molecule has 0 radical (unpaired) electrons. The van der Waals surface area contributed by atoms with Crippen LogP contribution < -0.4 is 5.32 Å². The molecule has 23 heavy (non-hydrogen) atoms. The van der Waals surface area contributed by atoms with Gasteiger partial charge >= 0.3 is 0 Å². The Kier molecular flexibility index (Phi) is 4.76. The first-order valence-electron chi connectivity index (χ1n) is 8.24. The molecule has 1 amide bonds. The minimum Gasteiger partial charge on any atom is -0.339 e. The van der Waals surface area contributed by atoms with E-state index in [0.29, 0.717) is 11.5 Å². The molecule has 0 spiro atoms. The van der Waals surface area contributed by atoms with Crippen LogP contribution in [0, 0.1) is 12.8 Å². The Hall–Kier alpha value is -2.14. The van der Waals surface area contributed by atoms with Gasteiger partial charge in [0.2, 0.25) is 0 Å². The Balaban J connectivity index is 1.73. The zero-order valence-electron chi connectivity index (χ0n) is 13.8. The van der Waals surface area contributed by atoms with Crippen LogP contribution in [0.1, 0.15) is 28.9 Å². The molecule has 1 aliphatic rings. The molecule has 5 heteroatoms. The number of hydrogen-bond donors (Lipinski definition) is 1. The van der Waals surface area contributed by atoms with Crippen molar-refractivity contribution in [3.05, 3.63) is 47.8 Å². The topological polar surface area (TPSA) is 50.2 Å². The van der Waals surface area contributed by atoms with E-state index in [1.165, 1.54) is 0 Å². The molecular formula is C18H24N4O. The lowest BCUT2D eigenvalue weighted by Crippen LogP contribution is -2.40. The lowest BCUT2D eigenvalue weighted by molar-refractivity contribution is 0.0690. The van der Waals surface area contributed by atoms with Gasteiger partial charge in [-0.25, -0.2) is 4.68 Å². The van der Waals surface area contributed by atoms with Crippen LogP contribution in [0.25, 0.3) is 5.69 Å². The molecule has 2 heterocycles. The summed E-state index contributed by atoms with van der Waals surface area (Å²) in [5.41, 5.74) is 2.59. The fourth-order valence-corrected chi connectivity index (χ4v) is 3.25. The minimum atomic E-state index is 0.104. The zero-order valence-corrected chi connectivity index (χ0v) is 13.8. The maximum absolute atomic E-state index is 12.8. The second-order valence-corrected chi connectivity index (χ2v) is 6.18. The summed E-state index contributed by atoms with van der Waals surface area (Å²) in [6.45, 7) is 4.66. The molecule has 1 fully saturated rings. The average Bonchev–Trinajstić information content (AvgIpc) is 2.97. The van der Waals surface area contributed by atoms with Gasteiger partial charge in [-0.1, -0.05) is 18.2 Å². The second kappa shape index (κ2) is 6.96. The fraction of sp³-hybridized carbons (Fsp3) is 0.444. The van der Waals surface area contributed by atoms with Crippen LogP contribution in [0.4, 0.5) is 0 Å². The molecule has 0 saturated carbocycles. The number of amides is 1. The van der Waals surface area contributed by atoms with Gasteiger partial charge in [0.15, 0.2) is 0 Å². The number of carbonyl (C=O) groups excluding carboxylic acids is 1. The summed E-state index contributed by atoms with van der Waals surface area (Å²) in [5, 5.41) is 7.63. The van der Waals surface area contributed by atoms with E-state index in [1.54, 1.807) is 6.20 Å². The third-order valence-corrected chi connectivity index (χ3v) is 4.64. The summed E-state index contributed by atoms with van der Waals surface area (Å²) in [4.78, 5) is 14.8. The Morgan fingerprint density at radius 2 is 1.96 bits per heavy atom. The lowest BCUT2D eigenvalue weighted by atomic mass is 9.96. The van der Waals surface area contributed by atoms with Crippen LogP contribution >= 0.6 is 0 Å². The van der Waals surface area contributed by atoms with Gasteiger partial charge < -0.3 is 10.2 Å². The van der Waals surface area contributed by atoms with Crippen molar-refractivity contribution in [3.63, 3.8) is 0 Å². The predicted molar refractivity (Wildman–Crippen MR) is 90.9 cm³/mol. The van der Waals surface area contributed by atoms with Crippen molar-refractivity contribution in [1.82, 2.24) is 20.0 Å². The number of nitrogens with zero attached hydrogens (tertiary/aromatic N) is 3. The first-order valence-corrected chi connectivity index (χ1v) is 8.24. The van der Waals surface area contributed by atoms with Gasteiger partial charge in [0.1, 0.15) is 0 Å².